The third-order valence-electron chi connectivity index (χ3n) is 4.33. The van der Waals surface area contributed by atoms with Crippen molar-refractivity contribution in [2.75, 3.05) is 52.8 Å². The Morgan fingerprint density at radius 2 is 1.69 bits per heavy atom. The fraction of sp³-hybridized carbons (Fsp3) is 0.389. The van der Waals surface area contributed by atoms with Crippen LogP contribution in [0.1, 0.15) is 10.4 Å². The second kappa shape index (κ2) is 8.01. The van der Waals surface area contributed by atoms with Crippen molar-refractivity contribution in [3.05, 3.63) is 36.2 Å². The van der Waals surface area contributed by atoms with E-state index < -0.39 is 0 Å². The molecule has 138 valence electrons. The Morgan fingerprint density at radius 1 is 1.04 bits per heavy atom. The first kappa shape index (κ1) is 17.9. The van der Waals surface area contributed by atoms with Crippen LogP contribution >= 0.6 is 0 Å². The predicted octanol–water partition coefficient (Wildman–Crippen LogP) is 1.62. The summed E-state index contributed by atoms with van der Waals surface area (Å²) in [7, 11) is 5.22. The standard InChI is InChI=1S/C18H23N5O3/c1-22-6-8-23(9-7-22)17(24)13-11-19-18(20-12-13)21-14-4-5-15(25-2)16(10-14)26-3/h4-5,10-12H,6-9H2,1-3H3,(H,19,20,21). The number of hydrogen-bond donors (Lipinski definition) is 1. The van der Waals surface area contributed by atoms with Crippen LogP contribution in [0.2, 0.25) is 0 Å². The number of ether oxygens (including phenoxy) is 2. The van der Waals surface area contributed by atoms with Gasteiger partial charge in [-0.2, -0.15) is 0 Å². The molecule has 26 heavy (non-hydrogen) atoms. The topological polar surface area (TPSA) is 79.8 Å². The van der Waals surface area contributed by atoms with Crippen LogP contribution in [0.15, 0.2) is 30.6 Å². The molecule has 2 aromatic rings. The molecule has 2 heterocycles. The van der Waals surface area contributed by atoms with E-state index in [4.69, 9.17) is 9.47 Å². The Kier molecular flexibility index (Phi) is 5.52. The van der Waals surface area contributed by atoms with Gasteiger partial charge in [0.1, 0.15) is 0 Å². The molecule has 1 aromatic carbocycles. The number of anilines is 2. The van der Waals surface area contributed by atoms with Gasteiger partial charge in [0.25, 0.3) is 5.91 Å². The molecule has 8 heteroatoms. The van der Waals surface area contributed by atoms with E-state index >= 15 is 0 Å². The molecule has 0 bridgehead atoms. The second-order valence-corrected chi connectivity index (χ2v) is 6.09. The van der Waals surface area contributed by atoms with E-state index in [1.54, 1.807) is 38.7 Å². The van der Waals surface area contributed by atoms with Gasteiger partial charge in [0.2, 0.25) is 5.95 Å². The Balaban J connectivity index is 1.67. The number of aromatic nitrogens is 2. The predicted molar refractivity (Wildman–Crippen MR) is 98.3 cm³/mol. The maximum atomic E-state index is 12.5. The van der Waals surface area contributed by atoms with Crippen LogP contribution in [0, 0.1) is 0 Å². The molecule has 1 aliphatic heterocycles. The van der Waals surface area contributed by atoms with Crippen molar-refractivity contribution in [1.29, 1.82) is 0 Å². The maximum Gasteiger partial charge on any atom is 0.257 e. The highest BCUT2D eigenvalue weighted by Crippen LogP contribution is 2.30. The third-order valence-corrected chi connectivity index (χ3v) is 4.33. The number of piperazine rings is 1. The summed E-state index contributed by atoms with van der Waals surface area (Å²) in [5.74, 6) is 1.63. The first-order valence-electron chi connectivity index (χ1n) is 8.39. The number of hydrogen-bond acceptors (Lipinski definition) is 7. The van der Waals surface area contributed by atoms with Crippen LogP contribution in [0.4, 0.5) is 11.6 Å². The Labute approximate surface area is 152 Å². The van der Waals surface area contributed by atoms with E-state index in [0.717, 1.165) is 31.9 Å². The second-order valence-electron chi connectivity index (χ2n) is 6.09. The van der Waals surface area contributed by atoms with Crippen LogP contribution < -0.4 is 14.8 Å². The van der Waals surface area contributed by atoms with Crippen molar-refractivity contribution < 1.29 is 14.3 Å². The van der Waals surface area contributed by atoms with Gasteiger partial charge in [-0.25, -0.2) is 9.97 Å². The molecule has 3 rings (SSSR count). The smallest absolute Gasteiger partial charge is 0.257 e. The van der Waals surface area contributed by atoms with Gasteiger partial charge in [-0.15, -0.1) is 0 Å². The Hall–Kier alpha value is -2.87. The molecule has 0 aliphatic carbocycles. The number of amides is 1. The lowest BCUT2D eigenvalue weighted by Crippen LogP contribution is -2.47. The fourth-order valence-corrected chi connectivity index (χ4v) is 2.74. The molecule has 1 amide bonds. The van der Waals surface area contributed by atoms with E-state index in [0.29, 0.717) is 23.0 Å². The normalized spacial score (nSPS) is 14.8. The lowest BCUT2D eigenvalue weighted by atomic mass is 10.2. The molecule has 8 nitrogen and oxygen atoms in total. The Bertz CT molecular complexity index is 758. The molecular weight excluding hydrogens is 334 g/mol. The molecule has 1 saturated heterocycles. The molecule has 0 atom stereocenters. The zero-order chi connectivity index (χ0) is 18.5. The summed E-state index contributed by atoms with van der Waals surface area (Å²) in [6.07, 6.45) is 3.10. The number of benzene rings is 1. The summed E-state index contributed by atoms with van der Waals surface area (Å²) in [6.45, 7) is 3.21. The molecule has 0 spiro atoms. The van der Waals surface area contributed by atoms with Crippen LogP contribution in [-0.2, 0) is 0 Å². The first-order valence-corrected chi connectivity index (χ1v) is 8.39. The molecule has 0 unspecified atom stereocenters. The quantitative estimate of drug-likeness (QED) is 0.871. The van der Waals surface area contributed by atoms with Crippen LogP contribution in [-0.4, -0.2) is 73.1 Å². The first-order chi connectivity index (χ1) is 12.6. The number of likely N-dealkylation sites (N-methyl/N-ethyl adjacent to an activating group) is 1. The minimum Gasteiger partial charge on any atom is -0.493 e. The molecule has 1 fully saturated rings. The largest absolute Gasteiger partial charge is 0.493 e. The van der Waals surface area contributed by atoms with Crippen molar-refractivity contribution >= 4 is 17.5 Å². The van der Waals surface area contributed by atoms with E-state index in [-0.39, 0.29) is 5.91 Å². The molecule has 1 aliphatic rings. The minimum absolute atomic E-state index is 0.0317. The maximum absolute atomic E-state index is 12.5. The zero-order valence-electron chi connectivity index (χ0n) is 15.2. The highest BCUT2D eigenvalue weighted by atomic mass is 16.5. The van der Waals surface area contributed by atoms with E-state index in [2.05, 4.69) is 27.2 Å². The summed E-state index contributed by atoms with van der Waals surface area (Å²) >= 11 is 0. The SMILES string of the molecule is COc1ccc(Nc2ncc(C(=O)N3CCN(C)CC3)cn2)cc1OC. The number of methoxy groups -OCH3 is 2. The van der Waals surface area contributed by atoms with Crippen molar-refractivity contribution in [2.45, 2.75) is 0 Å². The molecule has 1 aromatic heterocycles. The summed E-state index contributed by atoms with van der Waals surface area (Å²) in [6, 6.07) is 5.44. The Morgan fingerprint density at radius 3 is 2.31 bits per heavy atom. The summed E-state index contributed by atoms with van der Waals surface area (Å²) in [5, 5.41) is 3.09. The summed E-state index contributed by atoms with van der Waals surface area (Å²) in [4.78, 5) is 25.0. The van der Waals surface area contributed by atoms with Gasteiger partial charge >= 0.3 is 0 Å². The van der Waals surface area contributed by atoms with E-state index in [9.17, 15) is 4.79 Å². The van der Waals surface area contributed by atoms with Gasteiger partial charge < -0.3 is 24.6 Å². The third kappa shape index (κ3) is 4.02. The minimum atomic E-state index is -0.0317. The van der Waals surface area contributed by atoms with Crippen LogP contribution in [0.3, 0.4) is 0 Å². The van der Waals surface area contributed by atoms with Gasteiger partial charge in [0.15, 0.2) is 11.5 Å². The molecule has 0 radical (unpaired) electrons. The monoisotopic (exact) mass is 357 g/mol. The average Bonchev–Trinajstić information content (AvgIpc) is 2.68. The number of rotatable bonds is 5. The molecular formula is C18H23N5O3. The van der Waals surface area contributed by atoms with Gasteiger partial charge in [0.05, 0.1) is 19.8 Å². The number of nitrogens with one attached hydrogen (secondary N) is 1. The van der Waals surface area contributed by atoms with E-state index in [1.165, 1.54) is 0 Å². The lowest BCUT2D eigenvalue weighted by Gasteiger charge is -2.32. The van der Waals surface area contributed by atoms with Gasteiger partial charge in [-0.05, 0) is 19.2 Å². The number of carbonyl (C=O) groups excluding carboxylic acids is 1. The van der Waals surface area contributed by atoms with Crippen molar-refractivity contribution in [3.8, 4) is 11.5 Å². The average molecular weight is 357 g/mol. The summed E-state index contributed by atoms with van der Waals surface area (Å²) < 4.78 is 10.5. The van der Waals surface area contributed by atoms with Gasteiger partial charge in [-0.1, -0.05) is 0 Å². The molecule has 1 N–H and O–H groups in total. The lowest BCUT2D eigenvalue weighted by molar-refractivity contribution is 0.0663. The zero-order valence-corrected chi connectivity index (χ0v) is 15.2. The fourth-order valence-electron chi connectivity index (χ4n) is 2.74. The summed E-state index contributed by atoms with van der Waals surface area (Å²) in [5.41, 5.74) is 1.26. The van der Waals surface area contributed by atoms with Gasteiger partial charge in [0, 0.05) is 50.3 Å². The number of nitrogens with zero attached hydrogens (tertiary/aromatic N) is 4. The van der Waals surface area contributed by atoms with E-state index in [1.807, 2.05) is 11.0 Å². The molecule has 0 saturated carbocycles. The highest BCUT2D eigenvalue weighted by molar-refractivity contribution is 5.93. The van der Waals surface area contributed by atoms with Crippen LogP contribution in [0.25, 0.3) is 0 Å². The van der Waals surface area contributed by atoms with Crippen molar-refractivity contribution in [3.63, 3.8) is 0 Å². The van der Waals surface area contributed by atoms with Crippen LogP contribution in [0.5, 0.6) is 11.5 Å². The van der Waals surface area contributed by atoms with Crippen molar-refractivity contribution in [2.24, 2.45) is 0 Å². The number of carbonyl (C=O) groups is 1. The highest BCUT2D eigenvalue weighted by Gasteiger charge is 2.20. The van der Waals surface area contributed by atoms with Gasteiger partial charge in [-0.3, -0.25) is 4.79 Å². The van der Waals surface area contributed by atoms with Crippen molar-refractivity contribution in [1.82, 2.24) is 19.8 Å².